The summed E-state index contributed by atoms with van der Waals surface area (Å²) in [6.07, 6.45) is 2.92. The summed E-state index contributed by atoms with van der Waals surface area (Å²) in [5.41, 5.74) is 10.9. The van der Waals surface area contributed by atoms with Crippen LogP contribution in [0.25, 0.3) is 0 Å². The molecule has 1 aromatic carbocycles. The van der Waals surface area contributed by atoms with E-state index in [1.165, 1.54) is 22.5 Å². The van der Waals surface area contributed by atoms with E-state index in [1.54, 1.807) is 0 Å². The molecule has 2 aromatic rings. The quantitative estimate of drug-likeness (QED) is 0.864. The van der Waals surface area contributed by atoms with Crippen LogP contribution in [0.4, 0.5) is 0 Å². The third-order valence-corrected chi connectivity index (χ3v) is 3.49. The lowest BCUT2D eigenvalue weighted by molar-refractivity contribution is 0.639. The summed E-state index contributed by atoms with van der Waals surface area (Å²) in [5.74, 6) is 0. The average molecular weight is 257 g/mol. The van der Waals surface area contributed by atoms with E-state index in [2.05, 4.69) is 42.8 Å². The smallest absolute Gasteiger partial charge is 0.0662 e. The normalized spacial score (nSPS) is 10.9. The highest BCUT2D eigenvalue weighted by atomic mass is 15.3. The predicted octanol–water partition coefficient (Wildman–Crippen LogP) is 2.56. The molecule has 0 spiro atoms. The molecular weight excluding hydrogens is 234 g/mol. The molecule has 0 bridgehead atoms. The fraction of sp³-hybridized carbons (Fsp3) is 0.438. The van der Waals surface area contributed by atoms with Crippen molar-refractivity contribution in [1.82, 2.24) is 9.78 Å². The van der Waals surface area contributed by atoms with E-state index in [-0.39, 0.29) is 0 Å². The first kappa shape index (κ1) is 13.8. The molecule has 3 heteroatoms. The van der Waals surface area contributed by atoms with E-state index in [0.717, 1.165) is 25.8 Å². The summed E-state index contributed by atoms with van der Waals surface area (Å²) < 4.78 is 2.15. The summed E-state index contributed by atoms with van der Waals surface area (Å²) >= 11 is 0. The van der Waals surface area contributed by atoms with Gasteiger partial charge in [-0.05, 0) is 36.9 Å². The van der Waals surface area contributed by atoms with Crippen molar-refractivity contribution in [2.75, 3.05) is 6.54 Å². The van der Waals surface area contributed by atoms with Crippen LogP contribution in [-0.4, -0.2) is 16.3 Å². The first-order valence-electron chi connectivity index (χ1n) is 7.11. The van der Waals surface area contributed by atoms with Crippen molar-refractivity contribution in [2.24, 2.45) is 5.73 Å². The highest BCUT2D eigenvalue weighted by Crippen LogP contribution is 2.18. The van der Waals surface area contributed by atoms with Gasteiger partial charge in [-0.2, -0.15) is 5.10 Å². The second-order valence-electron chi connectivity index (χ2n) is 4.76. The predicted molar refractivity (Wildman–Crippen MR) is 79.3 cm³/mol. The zero-order chi connectivity index (χ0) is 13.7. The monoisotopic (exact) mass is 257 g/mol. The lowest BCUT2D eigenvalue weighted by atomic mass is 10.1. The Morgan fingerprint density at radius 1 is 1.11 bits per heavy atom. The molecule has 0 saturated carbocycles. The van der Waals surface area contributed by atoms with Gasteiger partial charge in [0.15, 0.2) is 0 Å². The van der Waals surface area contributed by atoms with Crippen LogP contribution in [0, 0.1) is 0 Å². The number of hydrogen-bond donors (Lipinski definition) is 1. The standard InChI is InChI=1S/C16H23N3/c1-3-15-14(10-11-17)16(4-2)19(18-15)12-13-8-6-5-7-9-13/h5-9H,3-4,10-12,17H2,1-2H3. The molecule has 0 aliphatic rings. The number of benzene rings is 1. The zero-order valence-corrected chi connectivity index (χ0v) is 11.9. The summed E-state index contributed by atoms with van der Waals surface area (Å²) in [5, 5.41) is 4.77. The van der Waals surface area contributed by atoms with Crippen LogP contribution in [0.5, 0.6) is 0 Å². The molecule has 3 nitrogen and oxygen atoms in total. The Hall–Kier alpha value is -1.61. The average Bonchev–Trinajstić information content (AvgIpc) is 2.77. The molecule has 0 unspecified atom stereocenters. The van der Waals surface area contributed by atoms with Gasteiger partial charge >= 0.3 is 0 Å². The molecule has 1 aromatic heterocycles. The van der Waals surface area contributed by atoms with Gasteiger partial charge in [0.05, 0.1) is 12.2 Å². The summed E-state index contributed by atoms with van der Waals surface area (Å²) in [7, 11) is 0. The number of nitrogens with zero attached hydrogens (tertiary/aromatic N) is 2. The molecule has 0 radical (unpaired) electrons. The second kappa shape index (κ2) is 6.53. The van der Waals surface area contributed by atoms with Gasteiger partial charge in [0, 0.05) is 5.69 Å². The Morgan fingerprint density at radius 2 is 1.84 bits per heavy atom. The van der Waals surface area contributed by atoms with E-state index in [0.29, 0.717) is 6.54 Å². The van der Waals surface area contributed by atoms with E-state index in [9.17, 15) is 0 Å². The molecule has 0 aliphatic heterocycles. The number of rotatable bonds is 6. The number of nitrogens with two attached hydrogens (primary N) is 1. The maximum Gasteiger partial charge on any atom is 0.0662 e. The van der Waals surface area contributed by atoms with Crippen molar-refractivity contribution in [3.05, 3.63) is 52.8 Å². The molecule has 0 aliphatic carbocycles. The van der Waals surface area contributed by atoms with Crippen LogP contribution in [0.15, 0.2) is 30.3 Å². The molecule has 2 rings (SSSR count). The van der Waals surface area contributed by atoms with Crippen LogP contribution < -0.4 is 5.73 Å². The van der Waals surface area contributed by atoms with Gasteiger partial charge in [-0.15, -0.1) is 0 Å². The SMILES string of the molecule is CCc1nn(Cc2ccccc2)c(CC)c1CCN. The van der Waals surface area contributed by atoms with Crippen molar-refractivity contribution < 1.29 is 0 Å². The molecule has 19 heavy (non-hydrogen) atoms. The van der Waals surface area contributed by atoms with E-state index >= 15 is 0 Å². The molecule has 0 saturated heterocycles. The molecule has 102 valence electrons. The third kappa shape index (κ3) is 3.04. The van der Waals surface area contributed by atoms with E-state index < -0.39 is 0 Å². The molecule has 1 heterocycles. The van der Waals surface area contributed by atoms with Gasteiger partial charge < -0.3 is 5.73 Å². The molecule has 0 amide bonds. The molecule has 0 fully saturated rings. The fourth-order valence-electron chi connectivity index (χ4n) is 2.59. The zero-order valence-electron chi connectivity index (χ0n) is 11.9. The summed E-state index contributed by atoms with van der Waals surface area (Å²) in [6.45, 7) is 5.89. The van der Waals surface area contributed by atoms with Gasteiger partial charge in [-0.1, -0.05) is 44.2 Å². The number of aryl methyl sites for hydroxylation is 1. The van der Waals surface area contributed by atoms with E-state index in [4.69, 9.17) is 10.8 Å². The third-order valence-electron chi connectivity index (χ3n) is 3.49. The Balaban J connectivity index is 2.34. The van der Waals surface area contributed by atoms with Crippen LogP contribution in [0.1, 0.15) is 36.4 Å². The highest BCUT2D eigenvalue weighted by molar-refractivity contribution is 5.28. The largest absolute Gasteiger partial charge is 0.330 e. The van der Waals surface area contributed by atoms with Gasteiger partial charge in [-0.3, -0.25) is 4.68 Å². The number of hydrogen-bond acceptors (Lipinski definition) is 2. The first-order chi connectivity index (χ1) is 9.30. The van der Waals surface area contributed by atoms with Crippen LogP contribution in [-0.2, 0) is 25.8 Å². The van der Waals surface area contributed by atoms with Crippen LogP contribution in [0.2, 0.25) is 0 Å². The van der Waals surface area contributed by atoms with Gasteiger partial charge in [0.1, 0.15) is 0 Å². The Bertz CT molecular complexity index is 514. The topological polar surface area (TPSA) is 43.8 Å². The Kier molecular flexibility index (Phi) is 4.74. The first-order valence-corrected chi connectivity index (χ1v) is 7.11. The van der Waals surface area contributed by atoms with Crippen LogP contribution >= 0.6 is 0 Å². The van der Waals surface area contributed by atoms with Gasteiger partial charge in [0.25, 0.3) is 0 Å². The molecular formula is C16H23N3. The second-order valence-corrected chi connectivity index (χ2v) is 4.76. The van der Waals surface area contributed by atoms with Crippen LogP contribution in [0.3, 0.4) is 0 Å². The maximum absolute atomic E-state index is 5.73. The van der Waals surface area contributed by atoms with Crippen molar-refractivity contribution in [3.63, 3.8) is 0 Å². The minimum atomic E-state index is 0.691. The lowest BCUT2D eigenvalue weighted by Crippen LogP contribution is -2.09. The lowest BCUT2D eigenvalue weighted by Gasteiger charge is -2.07. The van der Waals surface area contributed by atoms with Crippen molar-refractivity contribution >= 4 is 0 Å². The molecule has 0 atom stereocenters. The minimum absolute atomic E-state index is 0.691. The van der Waals surface area contributed by atoms with Crippen molar-refractivity contribution in [2.45, 2.75) is 39.7 Å². The van der Waals surface area contributed by atoms with E-state index in [1.807, 2.05) is 6.07 Å². The fourth-order valence-corrected chi connectivity index (χ4v) is 2.59. The molecule has 2 N–H and O–H groups in total. The minimum Gasteiger partial charge on any atom is -0.330 e. The Labute approximate surface area is 115 Å². The van der Waals surface area contributed by atoms with Gasteiger partial charge in [-0.25, -0.2) is 0 Å². The maximum atomic E-state index is 5.73. The van der Waals surface area contributed by atoms with Crippen molar-refractivity contribution in [1.29, 1.82) is 0 Å². The Morgan fingerprint density at radius 3 is 2.42 bits per heavy atom. The highest BCUT2D eigenvalue weighted by Gasteiger charge is 2.14. The van der Waals surface area contributed by atoms with Gasteiger partial charge in [0.2, 0.25) is 0 Å². The van der Waals surface area contributed by atoms with Crippen molar-refractivity contribution in [3.8, 4) is 0 Å². The number of aromatic nitrogens is 2. The summed E-state index contributed by atoms with van der Waals surface area (Å²) in [6, 6.07) is 10.5. The summed E-state index contributed by atoms with van der Waals surface area (Å²) in [4.78, 5) is 0.